The summed E-state index contributed by atoms with van der Waals surface area (Å²) in [6.07, 6.45) is -5.05. The lowest BCUT2D eigenvalue weighted by Crippen LogP contribution is -2.42. The molecule has 0 radical (unpaired) electrons. The van der Waals surface area contributed by atoms with Crippen LogP contribution in [0.15, 0.2) is 35.2 Å². The predicted octanol–water partition coefficient (Wildman–Crippen LogP) is 4.51. The Labute approximate surface area is 198 Å². The van der Waals surface area contributed by atoms with Crippen LogP contribution < -0.4 is 0 Å². The van der Waals surface area contributed by atoms with Crippen molar-refractivity contribution in [1.29, 1.82) is 0 Å². The van der Waals surface area contributed by atoms with Gasteiger partial charge in [0.05, 0.1) is 33.2 Å². The maximum absolute atomic E-state index is 13.5. The summed E-state index contributed by atoms with van der Waals surface area (Å²) in [5.41, 5.74) is -0.0296. The van der Waals surface area contributed by atoms with Gasteiger partial charge in [-0.05, 0) is 44.0 Å². The Morgan fingerprint density at radius 3 is 2.53 bits per heavy atom. The summed E-state index contributed by atoms with van der Waals surface area (Å²) in [5.74, 6) is 0. The van der Waals surface area contributed by atoms with Crippen LogP contribution in [0.25, 0.3) is 0 Å². The molecule has 0 saturated carbocycles. The van der Waals surface area contributed by atoms with E-state index in [-0.39, 0.29) is 31.1 Å². The monoisotopic (exact) mass is 504 g/mol. The van der Waals surface area contributed by atoms with Crippen LogP contribution in [-0.2, 0) is 42.4 Å². The molecule has 2 aromatic rings. The number of aromatic nitrogens is 2. The van der Waals surface area contributed by atoms with Crippen LogP contribution in [0.5, 0.6) is 0 Å². The zero-order valence-corrected chi connectivity index (χ0v) is 20.8. The molecule has 0 spiro atoms. The lowest BCUT2D eigenvalue weighted by Gasteiger charge is -2.37. The summed E-state index contributed by atoms with van der Waals surface area (Å²) in [6.45, 7) is 6.20. The molecule has 1 saturated heterocycles. The number of ether oxygens (including phenoxy) is 3. The highest BCUT2D eigenvalue weighted by molar-refractivity contribution is 7.92. The highest BCUT2D eigenvalue weighted by atomic mass is 32.2. The zero-order valence-electron chi connectivity index (χ0n) is 20.0. The second-order valence-corrected chi connectivity index (χ2v) is 11.9. The molecule has 0 amide bonds. The van der Waals surface area contributed by atoms with Crippen LogP contribution >= 0.6 is 0 Å². The summed E-state index contributed by atoms with van der Waals surface area (Å²) in [7, 11) is -0.978. The van der Waals surface area contributed by atoms with Crippen LogP contribution in [0.1, 0.15) is 56.7 Å². The molecule has 1 fully saturated rings. The second kappa shape index (κ2) is 9.60. The van der Waals surface area contributed by atoms with E-state index < -0.39 is 37.8 Å². The molecule has 11 heteroatoms. The fraction of sp³-hybridized carbons (Fsp3) is 0.609. The number of alkyl halides is 3. The number of hydrogen-bond acceptors (Lipinski definition) is 6. The molecular formula is C23H31F3N2O5S. The number of hydrogen-bond donors (Lipinski definition) is 0. The average Bonchev–Trinajstić information content (AvgIpc) is 3.18. The summed E-state index contributed by atoms with van der Waals surface area (Å²) in [6, 6.07) is 5.74. The molecule has 2 heterocycles. The topological polar surface area (TPSA) is 79.7 Å². The maximum atomic E-state index is 13.5. The molecule has 0 bridgehead atoms. The van der Waals surface area contributed by atoms with Gasteiger partial charge in [0.2, 0.25) is 0 Å². The number of rotatable bonds is 8. The van der Waals surface area contributed by atoms with E-state index in [9.17, 15) is 21.6 Å². The Morgan fingerprint density at radius 1 is 1.21 bits per heavy atom. The minimum Gasteiger partial charge on any atom is -0.384 e. The van der Waals surface area contributed by atoms with Gasteiger partial charge in [0.15, 0.2) is 9.84 Å². The SMILES string of the molecule is COCn1nc(C(C)(C)COC)cc1C1CC(C)(S(=O)(=O)c2cccc(C(F)(F)F)c2)CCO1. The van der Waals surface area contributed by atoms with Crippen molar-refractivity contribution in [3.63, 3.8) is 0 Å². The minimum absolute atomic E-state index is 0.0606. The third-order valence-electron chi connectivity index (χ3n) is 6.28. The fourth-order valence-electron chi connectivity index (χ4n) is 4.21. The van der Waals surface area contributed by atoms with E-state index in [0.717, 1.165) is 17.8 Å². The lowest BCUT2D eigenvalue weighted by atomic mass is 9.89. The molecule has 3 rings (SSSR count). The van der Waals surface area contributed by atoms with E-state index in [0.29, 0.717) is 18.4 Å². The van der Waals surface area contributed by atoms with Gasteiger partial charge in [-0.2, -0.15) is 18.3 Å². The Morgan fingerprint density at radius 2 is 1.91 bits per heavy atom. The summed E-state index contributed by atoms with van der Waals surface area (Å²) in [4.78, 5) is -0.349. The number of methoxy groups -OCH3 is 2. The van der Waals surface area contributed by atoms with Gasteiger partial charge in [-0.15, -0.1) is 0 Å². The van der Waals surface area contributed by atoms with Crippen molar-refractivity contribution < 1.29 is 35.8 Å². The minimum atomic E-state index is -4.64. The first kappa shape index (κ1) is 26.7. The first-order valence-electron chi connectivity index (χ1n) is 10.8. The Balaban J connectivity index is 1.98. The molecule has 1 aromatic heterocycles. The van der Waals surface area contributed by atoms with Crippen LogP contribution in [0.3, 0.4) is 0 Å². The molecule has 0 N–H and O–H groups in total. The predicted molar refractivity (Wildman–Crippen MR) is 119 cm³/mol. The van der Waals surface area contributed by atoms with Gasteiger partial charge in [0.25, 0.3) is 0 Å². The highest BCUT2D eigenvalue weighted by Crippen LogP contribution is 2.43. The molecule has 1 aliphatic heterocycles. The van der Waals surface area contributed by atoms with Gasteiger partial charge in [-0.1, -0.05) is 19.9 Å². The molecule has 190 valence electrons. The van der Waals surface area contributed by atoms with E-state index in [1.807, 2.05) is 19.9 Å². The Kier molecular flexibility index (Phi) is 7.52. The maximum Gasteiger partial charge on any atom is 0.416 e. The quantitative estimate of drug-likeness (QED) is 0.526. The van der Waals surface area contributed by atoms with E-state index in [1.54, 1.807) is 18.7 Å². The number of halogens is 3. The lowest BCUT2D eigenvalue weighted by molar-refractivity contribution is -0.137. The van der Waals surface area contributed by atoms with Crippen molar-refractivity contribution in [3.05, 3.63) is 47.3 Å². The third kappa shape index (κ3) is 5.17. The van der Waals surface area contributed by atoms with Gasteiger partial charge in [0, 0.05) is 26.2 Å². The molecule has 2 unspecified atom stereocenters. The molecular weight excluding hydrogens is 473 g/mol. The number of nitrogens with zero attached hydrogens (tertiary/aromatic N) is 2. The fourth-order valence-corrected chi connectivity index (χ4v) is 6.04. The normalized spacial score (nSPS) is 22.2. The first-order chi connectivity index (χ1) is 15.7. The van der Waals surface area contributed by atoms with Crippen LogP contribution in [-0.4, -0.2) is 50.4 Å². The van der Waals surface area contributed by atoms with E-state index >= 15 is 0 Å². The van der Waals surface area contributed by atoms with E-state index in [2.05, 4.69) is 5.10 Å². The van der Waals surface area contributed by atoms with Crippen LogP contribution in [0.4, 0.5) is 13.2 Å². The first-order valence-corrected chi connectivity index (χ1v) is 12.3. The zero-order chi connectivity index (χ0) is 25.4. The van der Waals surface area contributed by atoms with Gasteiger partial charge >= 0.3 is 6.18 Å². The van der Waals surface area contributed by atoms with Crippen molar-refractivity contribution in [1.82, 2.24) is 9.78 Å². The van der Waals surface area contributed by atoms with E-state index in [1.165, 1.54) is 13.2 Å². The second-order valence-electron chi connectivity index (χ2n) is 9.48. The molecule has 2 atom stereocenters. The van der Waals surface area contributed by atoms with Gasteiger partial charge < -0.3 is 14.2 Å². The molecule has 34 heavy (non-hydrogen) atoms. The molecule has 7 nitrogen and oxygen atoms in total. The Hall–Kier alpha value is -1.95. The summed E-state index contributed by atoms with van der Waals surface area (Å²) in [5, 5.41) is 4.63. The van der Waals surface area contributed by atoms with Crippen molar-refractivity contribution in [3.8, 4) is 0 Å². The van der Waals surface area contributed by atoms with Crippen molar-refractivity contribution >= 4 is 9.84 Å². The largest absolute Gasteiger partial charge is 0.416 e. The third-order valence-corrected chi connectivity index (χ3v) is 8.82. The number of benzene rings is 1. The van der Waals surface area contributed by atoms with Crippen molar-refractivity contribution in [2.75, 3.05) is 27.4 Å². The smallest absolute Gasteiger partial charge is 0.384 e. The molecule has 0 aliphatic carbocycles. The Bertz CT molecular complexity index is 1110. The average molecular weight is 505 g/mol. The van der Waals surface area contributed by atoms with Crippen LogP contribution in [0, 0.1) is 0 Å². The summed E-state index contributed by atoms with van der Waals surface area (Å²) < 4.78 is 83.5. The van der Waals surface area contributed by atoms with Gasteiger partial charge in [-0.3, -0.25) is 0 Å². The number of sulfone groups is 1. The van der Waals surface area contributed by atoms with E-state index in [4.69, 9.17) is 14.2 Å². The van der Waals surface area contributed by atoms with Crippen molar-refractivity contribution in [2.45, 2.75) is 67.7 Å². The van der Waals surface area contributed by atoms with Crippen LogP contribution in [0.2, 0.25) is 0 Å². The standard InChI is InChI=1S/C23H31F3N2O5S/c1-21(2,14-31-4)20-12-18(28(27-20)15-32-5)19-13-22(3,9-10-33-19)34(29,30)17-8-6-7-16(11-17)23(24,25)26/h6-8,11-12,19H,9-10,13-15H2,1-5H3. The molecule has 1 aromatic carbocycles. The molecule has 1 aliphatic rings. The summed E-state index contributed by atoms with van der Waals surface area (Å²) >= 11 is 0. The van der Waals surface area contributed by atoms with Gasteiger partial charge in [-0.25, -0.2) is 13.1 Å². The highest BCUT2D eigenvalue weighted by Gasteiger charge is 2.46. The van der Waals surface area contributed by atoms with Crippen molar-refractivity contribution in [2.24, 2.45) is 0 Å². The van der Waals surface area contributed by atoms with Gasteiger partial charge in [0.1, 0.15) is 12.8 Å².